The number of hydrogen-bond acceptors (Lipinski definition) is 3. The zero-order chi connectivity index (χ0) is 15.4. The molecule has 0 aliphatic rings. The molecule has 0 saturated carbocycles. The molecule has 110 valence electrons. The second-order valence-electron chi connectivity index (χ2n) is 4.60. The van der Waals surface area contributed by atoms with E-state index < -0.39 is 0 Å². The Morgan fingerprint density at radius 1 is 1.29 bits per heavy atom. The number of rotatable bonds is 4. The maximum atomic E-state index is 8.95. The van der Waals surface area contributed by atoms with Crippen molar-refractivity contribution in [3.8, 4) is 0 Å². The number of benzene rings is 2. The largest absolute Gasteiger partial charge is 0.409 e. The van der Waals surface area contributed by atoms with Gasteiger partial charge in [0.1, 0.15) is 0 Å². The van der Waals surface area contributed by atoms with Crippen LogP contribution in [-0.2, 0) is 6.54 Å². The van der Waals surface area contributed by atoms with E-state index in [0.717, 1.165) is 15.7 Å². The van der Waals surface area contributed by atoms with Crippen molar-refractivity contribution in [1.82, 2.24) is 0 Å². The highest BCUT2D eigenvalue weighted by molar-refractivity contribution is 9.10. The van der Waals surface area contributed by atoms with E-state index in [1.165, 1.54) is 0 Å². The van der Waals surface area contributed by atoms with Crippen LogP contribution in [0.1, 0.15) is 11.1 Å². The van der Waals surface area contributed by atoms with Gasteiger partial charge in [-0.05, 0) is 45.8 Å². The van der Waals surface area contributed by atoms with Gasteiger partial charge in [0.2, 0.25) is 0 Å². The highest BCUT2D eigenvalue weighted by Crippen LogP contribution is 2.28. The van der Waals surface area contributed by atoms with E-state index >= 15 is 0 Å². The van der Waals surface area contributed by atoms with Crippen LogP contribution in [0.5, 0.6) is 0 Å². The summed E-state index contributed by atoms with van der Waals surface area (Å²) in [5, 5.41) is 12.8. The Balaban J connectivity index is 2.33. The Hall–Kier alpha value is -1.72. The van der Waals surface area contributed by atoms with Crippen molar-refractivity contribution < 1.29 is 5.21 Å². The molecule has 2 aromatic rings. The van der Waals surface area contributed by atoms with Crippen molar-refractivity contribution in [1.29, 1.82) is 0 Å². The second kappa shape index (κ2) is 6.83. The van der Waals surface area contributed by atoms with E-state index in [0.29, 0.717) is 17.1 Å². The standard InChI is InChI=1S/C15H15BrClN3O/c1-20(9-10-5-7-11(17)8-6-10)13-4-2-3-12(16)14(13)15(18)19-21/h2-8,21H,9H2,1H3,(H2,18,19). The van der Waals surface area contributed by atoms with Gasteiger partial charge >= 0.3 is 0 Å². The van der Waals surface area contributed by atoms with Gasteiger partial charge in [0.15, 0.2) is 5.84 Å². The highest BCUT2D eigenvalue weighted by atomic mass is 79.9. The number of hydrogen-bond donors (Lipinski definition) is 2. The molecule has 0 atom stereocenters. The molecule has 6 heteroatoms. The maximum absolute atomic E-state index is 8.95. The Kier molecular flexibility index (Phi) is 5.09. The lowest BCUT2D eigenvalue weighted by Crippen LogP contribution is -2.23. The minimum Gasteiger partial charge on any atom is -0.409 e. The highest BCUT2D eigenvalue weighted by Gasteiger charge is 2.14. The summed E-state index contributed by atoms with van der Waals surface area (Å²) in [5.74, 6) is 0.0698. The summed E-state index contributed by atoms with van der Waals surface area (Å²) in [7, 11) is 1.95. The van der Waals surface area contributed by atoms with E-state index in [1.54, 1.807) is 0 Å². The van der Waals surface area contributed by atoms with Gasteiger partial charge in [0.25, 0.3) is 0 Å². The van der Waals surface area contributed by atoms with Gasteiger partial charge in [0, 0.05) is 28.8 Å². The summed E-state index contributed by atoms with van der Waals surface area (Å²) < 4.78 is 0.776. The lowest BCUT2D eigenvalue weighted by molar-refractivity contribution is 0.318. The molecule has 0 bridgehead atoms. The third-order valence-electron chi connectivity index (χ3n) is 3.10. The Labute approximate surface area is 136 Å². The fourth-order valence-corrected chi connectivity index (χ4v) is 2.77. The molecule has 0 spiro atoms. The van der Waals surface area contributed by atoms with Crippen LogP contribution in [0.3, 0.4) is 0 Å². The van der Waals surface area contributed by atoms with Crippen LogP contribution in [0.25, 0.3) is 0 Å². The van der Waals surface area contributed by atoms with Crippen LogP contribution in [0.15, 0.2) is 52.1 Å². The molecule has 0 unspecified atom stereocenters. The van der Waals surface area contributed by atoms with Crippen molar-refractivity contribution >= 4 is 39.1 Å². The van der Waals surface area contributed by atoms with Gasteiger partial charge in [-0.25, -0.2) is 0 Å². The molecule has 0 aliphatic heterocycles. The number of nitrogens with two attached hydrogens (primary N) is 1. The van der Waals surface area contributed by atoms with Crippen LogP contribution < -0.4 is 10.6 Å². The minimum atomic E-state index is 0.0698. The number of nitrogens with zero attached hydrogens (tertiary/aromatic N) is 2. The predicted octanol–water partition coefficient (Wildman–Crippen LogP) is 3.83. The third-order valence-corrected chi connectivity index (χ3v) is 4.01. The normalized spacial score (nSPS) is 11.5. The Bertz CT molecular complexity index is 658. The van der Waals surface area contributed by atoms with Crippen molar-refractivity contribution in [3.63, 3.8) is 0 Å². The number of oxime groups is 1. The van der Waals surface area contributed by atoms with Gasteiger partial charge in [-0.2, -0.15) is 0 Å². The number of anilines is 1. The molecule has 0 aromatic heterocycles. The average molecular weight is 369 g/mol. The molecule has 2 rings (SSSR count). The first-order valence-corrected chi connectivity index (χ1v) is 7.42. The van der Waals surface area contributed by atoms with Crippen LogP contribution in [0, 0.1) is 0 Å². The SMILES string of the molecule is CN(Cc1ccc(Cl)cc1)c1cccc(Br)c1/C(N)=N/O. The van der Waals surface area contributed by atoms with Crippen LogP contribution in [0.4, 0.5) is 5.69 Å². The number of halogens is 2. The van der Waals surface area contributed by atoms with Gasteiger partial charge in [-0.3, -0.25) is 0 Å². The first-order valence-electron chi connectivity index (χ1n) is 6.25. The predicted molar refractivity (Wildman–Crippen MR) is 90.2 cm³/mol. The average Bonchev–Trinajstić information content (AvgIpc) is 2.48. The molecule has 0 saturated heterocycles. The summed E-state index contributed by atoms with van der Waals surface area (Å²) in [5.41, 5.74) is 8.42. The Morgan fingerprint density at radius 3 is 2.57 bits per heavy atom. The van der Waals surface area contributed by atoms with Crippen molar-refractivity contribution in [2.75, 3.05) is 11.9 Å². The molecule has 0 fully saturated rings. The first kappa shape index (κ1) is 15.7. The Morgan fingerprint density at radius 2 is 1.95 bits per heavy atom. The minimum absolute atomic E-state index is 0.0698. The van der Waals surface area contributed by atoms with E-state index in [-0.39, 0.29) is 5.84 Å². The van der Waals surface area contributed by atoms with Crippen molar-refractivity contribution in [2.24, 2.45) is 10.9 Å². The molecule has 3 N–H and O–H groups in total. The third kappa shape index (κ3) is 3.68. The van der Waals surface area contributed by atoms with Crippen molar-refractivity contribution in [3.05, 3.63) is 63.1 Å². The molecule has 0 heterocycles. The van der Waals surface area contributed by atoms with Crippen LogP contribution >= 0.6 is 27.5 Å². The first-order chi connectivity index (χ1) is 10.0. The summed E-state index contributed by atoms with van der Waals surface area (Å²) in [6.45, 7) is 0.680. The fraction of sp³-hybridized carbons (Fsp3) is 0.133. The molecule has 0 radical (unpaired) electrons. The van der Waals surface area contributed by atoms with Crippen molar-refractivity contribution in [2.45, 2.75) is 6.54 Å². The zero-order valence-electron chi connectivity index (χ0n) is 11.4. The molecule has 21 heavy (non-hydrogen) atoms. The fourth-order valence-electron chi connectivity index (χ4n) is 2.08. The quantitative estimate of drug-likeness (QED) is 0.373. The van der Waals surface area contributed by atoms with Gasteiger partial charge in [-0.1, -0.05) is 35.0 Å². The van der Waals surface area contributed by atoms with Crippen LogP contribution in [-0.4, -0.2) is 18.1 Å². The zero-order valence-corrected chi connectivity index (χ0v) is 13.8. The van der Waals surface area contributed by atoms with Gasteiger partial charge < -0.3 is 15.8 Å². The molecular formula is C15H15BrClN3O. The number of amidine groups is 1. The van der Waals surface area contributed by atoms with Gasteiger partial charge in [-0.15, -0.1) is 0 Å². The smallest absolute Gasteiger partial charge is 0.173 e. The topological polar surface area (TPSA) is 61.8 Å². The molecule has 2 aromatic carbocycles. The van der Waals surface area contributed by atoms with E-state index in [9.17, 15) is 0 Å². The molecule has 0 amide bonds. The van der Waals surface area contributed by atoms with E-state index in [4.69, 9.17) is 22.5 Å². The summed E-state index contributed by atoms with van der Waals surface area (Å²) in [6, 6.07) is 13.3. The second-order valence-corrected chi connectivity index (χ2v) is 5.89. The van der Waals surface area contributed by atoms with Gasteiger partial charge in [0.05, 0.1) is 5.56 Å². The van der Waals surface area contributed by atoms with E-state index in [1.807, 2.05) is 54.4 Å². The van der Waals surface area contributed by atoms with Crippen LogP contribution in [0.2, 0.25) is 5.02 Å². The molecule has 4 nitrogen and oxygen atoms in total. The monoisotopic (exact) mass is 367 g/mol. The molecular weight excluding hydrogens is 354 g/mol. The lowest BCUT2D eigenvalue weighted by Gasteiger charge is -2.23. The lowest BCUT2D eigenvalue weighted by atomic mass is 10.1. The summed E-state index contributed by atoms with van der Waals surface area (Å²) >= 11 is 9.33. The maximum Gasteiger partial charge on any atom is 0.173 e. The molecule has 0 aliphatic carbocycles. The summed E-state index contributed by atoms with van der Waals surface area (Å²) in [6.07, 6.45) is 0. The van der Waals surface area contributed by atoms with E-state index in [2.05, 4.69) is 21.1 Å². The summed E-state index contributed by atoms with van der Waals surface area (Å²) in [4.78, 5) is 2.03.